The number of rotatable bonds is 3. The molecule has 0 saturated carbocycles. The van der Waals surface area contributed by atoms with Crippen molar-refractivity contribution in [3.63, 3.8) is 0 Å². The van der Waals surface area contributed by atoms with Gasteiger partial charge in [0, 0.05) is 0 Å². The second-order valence-corrected chi connectivity index (χ2v) is 4.61. The molecule has 0 amide bonds. The van der Waals surface area contributed by atoms with Crippen molar-refractivity contribution < 1.29 is 30.2 Å². The van der Waals surface area contributed by atoms with Crippen LogP contribution in [0.3, 0.4) is 0 Å². The summed E-state index contributed by atoms with van der Waals surface area (Å²) in [6, 6.07) is 1.57. The molecule has 0 aromatic heterocycles. The largest absolute Gasteiger partial charge is 0.419 e. The highest BCUT2D eigenvalue weighted by Crippen LogP contribution is 2.33. The van der Waals surface area contributed by atoms with E-state index in [9.17, 15) is 26.0 Å². The van der Waals surface area contributed by atoms with Crippen molar-refractivity contribution in [2.45, 2.75) is 13.1 Å². The summed E-state index contributed by atoms with van der Waals surface area (Å²) in [6.45, 7) is 1.40. The molecule has 0 radical (unpaired) electrons. The fourth-order valence-electron chi connectivity index (χ4n) is 1.10. The van der Waals surface area contributed by atoms with Gasteiger partial charge in [0.25, 0.3) is 0 Å². The van der Waals surface area contributed by atoms with Gasteiger partial charge in [0.1, 0.15) is 11.6 Å². The van der Waals surface area contributed by atoms with E-state index >= 15 is 0 Å². The van der Waals surface area contributed by atoms with Gasteiger partial charge in [0.05, 0.1) is 11.0 Å². The molecule has 3 nitrogen and oxygen atoms in total. The van der Waals surface area contributed by atoms with Gasteiger partial charge >= 0.3 is 16.3 Å². The van der Waals surface area contributed by atoms with Crippen LogP contribution in [0.2, 0.25) is 0 Å². The molecule has 0 N–H and O–H groups in total. The summed E-state index contributed by atoms with van der Waals surface area (Å²) >= 11 is 0. The van der Waals surface area contributed by atoms with Crippen LogP contribution in [-0.4, -0.2) is 8.42 Å². The fraction of sp³-hybridized carbons (Fsp3) is 0.200. The zero-order valence-electron chi connectivity index (χ0n) is 9.03. The summed E-state index contributed by atoms with van der Waals surface area (Å²) < 4.78 is 76.6. The quantitative estimate of drug-likeness (QED) is 0.633. The van der Waals surface area contributed by atoms with Crippen molar-refractivity contribution in [2.75, 3.05) is 0 Å². The van der Waals surface area contributed by atoms with Crippen LogP contribution in [0, 0.1) is 5.82 Å². The topological polar surface area (TPSA) is 43.4 Å². The van der Waals surface area contributed by atoms with Gasteiger partial charge in [-0.2, -0.15) is 21.6 Å². The van der Waals surface area contributed by atoms with E-state index < -0.39 is 33.4 Å². The Morgan fingerprint density at radius 2 is 1.89 bits per heavy atom. The molecule has 0 unspecified atom stereocenters. The average molecular weight is 284 g/mol. The van der Waals surface area contributed by atoms with E-state index in [1.54, 1.807) is 0 Å². The molecule has 0 aliphatic heterocycles. The molecule has 1 rings (SSSR count). The minimum atomic E-state index is -4.92. The number of hydrogen-bond acceptors (Lipinski definition) is 3. The van der Waals surface area contributed by atoms with Crippen LogP contribution < -0.4 is 4.18 Å². The SMILES string of the molecule is C/C=C/S(=O)(=O)Oc1ccc(F)c(C(F)(F)F)c1. The fourth-order valence-corrected chi connectivity index (χ4v) is 1.86. The van der Waals surface area contributed by atoms with Crippen LogP contribution in [0.25, 0.3) is 0 Å². The van der Waals surface area contributed by atoms with Gasteiger partial charge in [-0.1, -0.05) is 6.08 Å². The Morgan fingerprint density at radius 3 is 2.39 bits per heavy atom. The molecule has 8 heteroatoms. The molecular formula is C10H8F4O3S. The van der Waals surface area contributed by atoms with Crippen molar-refractivity contribution in [1.82, 2.24) is 0 Å². The summed E-state index contributed by atoms with van der Waals surface area (Å²) in [4.78, 5) is 0. The predicted octanol–water partition coefficient (Wildman–Crippen LogP) is 3.09. The highest BCUT2D eigenvalue weighted by Gasteiger charge is 2.34. The van der Waals surface area contributed by atoms with E-state index in [1.165, 1.54) is 6.92 Å². The zero-order chi connectivity index (χ0) is 14.0. The first-order valence-corrected chi connectivity index (χ1v) is 6.07. The molecule has 0 aliphatic carbocycles. The first kappa shape index (κ1) is 14.5. The van der Waals surface area contributed by atoms with Crippen LogP contribution >= 0.6 is 0 Å². The van der Waals surface area contributed by atoms with E-state index in [0.717, 1.165) is 12.1 Å². The van der Waals surface area contributed by atoms with Crippen LogP contribution in [0.15, 0.2) is 29.7 Å². The van der Waals surface area contributed by atoms with E-state index in [2.05, 4.69) is 4.18 Å². The maximum Gasteiger partial charge on any atom is 0.419 e. The normalized spacial score (nSPS) is 12.9. The monoisotopic (exact) mass is 284 g/mol. The van der Waals surface area contributed by atoms with Crippen LogP contribution in [0.5, 0.6) is 5.75 Å². The van der Waals surface area contributed by atoms with Crippen molar-refractivity contribution in [3.05, 3.63) is 41.1 Å². The summed E-state index contributed by atoms with van der Waals surface area (Å²) in [5.41, 5.74) is -1.59. The lowest BCUT2D eigenvalue weighted by atomic mass is 10.2. The average Bonchev–Trinajstić information content (AvgIpc) is 2.18. The molecule has 0 aliphatic rings. The molecule has 1 aromatic carbocycles. The number of halogens is 4. The lowest BCUT2D eigenvalue weighted by molar-refractivity contribution is -0.140. The Balaban J connectivity index is 3.15. The molecule has 100 valence electrons. The van der Waals surface area contributed by atoms with Gasteiger partial charge in [-0.25, -0.2) is 4.39 Å². The number of benzene rings is 1. The van der Waals surface area contributed by atoms with E-state index in [4.69, 9.17) is 0 Å². The molecule has 0 heterocycles. The van der Waals surface area contributed by atoms with Crippen LogP contribution in [-0.2, 0) is 16.3 Å². The van der Waals surface area contributed by atoms with Gasteiger partial charge in [0.2, 0.25) is 0 Å². The van der Waals surface area contributed by atoms with Crippen LogP contribution in [0.1, 0.15) is 12.5 Å². The zero-order valence-corrected chi connectivity index (χ0v) is 9.85. The van der Waals surface area contributed by atoms with Crippen molar-refractivity contribution >= 4 is 10.1 Å². The lowest BCUT2D eigenvalue weighted by Gasteiger charge is -2.10. The Labute approximate surface area is 101 Å². The van der Waals surface area contributed by atoms with Gasteiger partial charge in [-0.05, 0) is 25.1 Å². The number of allylic oxidation sites excluding steroid dienone is 1. The Bertz CT molecular complexity index is 561. The third-order valence-electron chi connectivity index (χ3n) is 1.76. The summed E-state index contributed by atoms with van der Waals surface area (Å²) in [7, 11) is -4.13. The first-order chi connectivity index (χ1) is 8.15. The molecule has 0 spiro atoms. The Morgan fingerprint density at radius 1 is 1.28 bits per heavy atom. The second-order valence-electron chi connectivity index (χ2n) is 3.18. The van der Waals surface area contributed by atoms with Crippen molar-refractivity contribution in [1.29, 1.82) is 0 Å². The molecular weight excluding hydrogens is 276 g/mol. The maximum absolute atomic E-state index is 12.9. The maximum atomic E-state index is 12.9. The third-order valence-corrected chi connectivity index (χ3v) is 2.79. The summed E-state index contributed by atoms with van der Waals surface area (Å²) in [5.74, 6) is -2.11. The first-order valence-electron chi connectivity index (χ1n) is 4.59. The van der Waals surface area contributed by atoms with E-state index in [1.807, 2.05) is 0 Å². The molecule has 1 aromatic rings. The molecule has 0 bridgehead atoms. The summed E-state index contributed by atoms with van der Waals surface area (Å²) in [5, 5.41) is 0.670. The highest BCUT2D eigenvalue weighted by molar-refractivity contribution is 7.90. The van der Waals surface area contributed by atoms with Gasteiger partial charge < -0.3 is 4.18 Å². The standard InChI is InChI=1S/C10H8F4O3S/c1-2-5-18(15,16)17-7-3-4-9(11)8(6-7)10(12,13)14/h2-6H,1H3/b5-2+. The summed E-state index contributed by atoms with van der Waals surface area (Å²) in [6.07, 6.45) is -3.78. The Hall–Kier alpha value is -1.57. The van der Waals surface area contributed by atoms with Crippen molar-refractivity contribution in [3.8, 4) is 5.75 Å². The minimum absolute atomic E-state index is 0.288. The highest BCUT2D eigenvalue weighted by atomic mass is 32.2. The van der Waals surface area contributed by atoms with Gasteiger partial charge in [-0.3, -0.25) is 0 Å². The smallest absolute Gasteiger partial charge is 0.379 e. The molecule has 18 heavy (non-hydrogen) atoms. The molecule has 0 saturated heterocycles. The Kier molecular flexibility index (Phi) is 4.00. The second kappa shape index (κ2) is 4.97. The van der Waals surface area contributed by atoms with Gasteiger partial charge in [0.15, 0.2) is 0 Å². The van der Waals surface area contributed by atoms with E-state index in [-0.39, 0.29) is 6.07 Å². The molecule has 0 fully saturated rings. The van der Waals surface area contributed by atoms with E-state index in [0.29, 0.717) is 11.5 Å². The third kappa shape index (κ3) is 3.73. The van der Waals surface area contributed by atoms with Gasteiger partial charge in [-0.15, -0.1) is 0 Å². The molecule has 0 atom stereocenters. The van der Waals surface area contributed by atoms with Crippen LogP contribution in [0.4, 0.5) is 17.6 Å². The predicted molar refractivity (Wildman–Crippen MR) is 55.8 cm³/mol. The van der Waals surface area contributed by atoms with Crippen molar-refractivity contribution in [2.24, 2.45) is 0 Å². The number of hydrogen-bond donors (Lipinski definition) is 0. The minimum Gasteiger partial charge on any atom is -0.379 e. The number of alkyl halides is 3. The lowest BCUT2D eigenvalue weighted by Crippen LogP contribution is -2.10.